The van der Waals surface area contributed by atoms with E-state index in [-0.39, 0.29) is 5.95 Å². The van der Waals surface area contributed by atoms with Crippen molar-refractivity contribution in [2.24, 2.45) is 5.92 Å². The number of hydrogen-bond donors (Lipinski definition) is 1. The molecule has 2 heterocycles. The van der Waals surface area contributed by atoms with Gasteiger partial charge in [0.2, 0.25) is 5.95 Å². The van der Waals surface area contributed by atoms with Crippen molar-refractivity contribution in [3.8, 4) is 0 Å². The van der Waals surface area contributed by atoms with Gasteiger partial charge >= 0.3 is 6.18 Å². The number of rotatable bonds is 6. The van der Waals surface area contributed by atoms with Crippen molar-refractivity contribution in [2.45, 2.75) is 25.6 Å². The monoisotopic (exact) mass is 391 g/mol. The summed E-state index contributed by atoms with van der Waals surface area (Å²) in [5.41, 5.74) is 1.21. The third-order valence-corrected chi connectivity index (χ3v) is 5.28. The molecule has 1 aliphatic heterocycles. The van der Waals surface area contributed by atoms with Crippen molar-refractivity contribution < 1.29 is 13.2 Å². The average Bonchev–Trinajstić information content (AvgIpc) is 3.51. The molecule has 28 heavy (non-hydrogen) atoms. The average molecular weight is 391 g/mol. The second kappa shape index (κ2) is 7.95. The highest BCUT2D eigenvalue weighted by Gasteiger charge is 2.32. The van der Waals surface area contributed by atoms with Crippen LogP contribution in [0.2, 0.25) is 0 Å². The number of alkyl halides is 3. The Bertz CT molecular complexity index is 781. The summed E-state index contributed by atoms with van der Waals surface area (Å²) in [5.74, 6) is 0.907. The molecule has 150 valence electrons. The molecule has 8 heteroatoms. The van der Waals surface area contributed by atoms with Gasteiger partial charge in [-0.15, -0.1) is 0 Å². The fraction of sp³-hybridized carbons (Fsp3) is 0.500. The summed E-state index contributed by atoms with van der Waals surface area (Å²) in [6, 6.07) is 8.99. The standard InChI is InChI=1S/C20H24F3N5/c21-20(22,23)18-7-8-24-19(26-18)25-13-15-3-5-17(6-4-15)28-11-9-27(10-12-28)14-16-1-2-16/h3-8,16H,1-2,9-14H2,(H,24,25,26). The summed E-state index contributed by atoms with van der Waals surface area (Å²) < 4.78 is 38.1. The summed E-state index contributed by atoms with van der Waals surface area (Å²) >= 11 is 0. The van der Waals surface area contributed by atoms with Crippen LogP contribution < -0.4 is 10.2 Å². The maximum absolute atomic E-state index is 12.7. The van der Waals surface area contributed by atoms with Crippen molar-refractivity contribution in [1.82, 2.24) is 14.9 Å². The van der Waals surface area contributed by atoms with Gasteiger partial charge in [-0.2, -0.15) is 13.2 Å². The normalized spacial score (nSPS) is 18.3. The van der Waals surface area contributed by atoms with E-state index in [0.29, 0.717) is 6.54 Å². The minimum Gasteiger partial charge on any atom is -0.369 e. The van der Waals surface area contributed by atoms with E-state index in [0.717, 1.165) is 49.9 Å². The first-order chi connectivity index (χ1) is 13.5. The number of piperazine rings is 1. The van der Waals surface area contributed by atoms with Crippen LogP contribution in [0.15, 0.2) is 36.5 Å². The highest BCUT2D eigenvalue weighted by atomic mass is 19.4. The number of aromatic nitrogens is 2. The van der Waals surface area contributed by atoms with E-state index in [1.807, 2.05) is 12.1 Å². The Morgan fingerprint density at radius 3 is 2.36 bits per heavy atom. The van der Waals surface area contributed by atoms with E-state index < -0.39 is 11.9 Å². The van der Waals surface area contributed by atoms with Crippen LogP contribution >= 0.6 is 0 Å². The molecule has 0 radical (unpaired) electrons. The van der Waals surface area contributed by atoms with Gasteiger partial charge in [-0.3, -0.25) is 4.90 Å². The maximum atomic E-state index is 12.7. The van der Waals surface area contributed by atoms with Gasteiger partial charge < -0.3 is 10.2 Å². The summed E-state index contributed by atoms with van der Waals surface area (Å²) in [4.78, 5) is 12.3. The largest absolute Gasteiger partial charge is 0.433 e. The predicted octanol–water partition coefficient (Wildman–Crippen LogP) is 3.64. The van der Waals surface area contributed by atoms with E-state index in [9.17, 15) is 13.2 Å². The highest BCUT2D eigenvalue weighted by molar-refractivity contribution is 5.48. The van der Waals surface area contributed by atoms with Crippen LogP contribution in [-0.2, 0) is 12.7 Å². The van der Waals surface area contributed by atoms with Gasteiger partial charge in [0.1, 0.15) is 5.69 Å². The molecule has 1 aromatic carbocycles. The molecule has 2 aromatic rings. The van der Waals surface area contributed by atoms with Crippen LogP contribution in [0, 0.1) is 5.92 Å². The zero-order chi connectivity index (χ0) is 19.6. The van der Waals surface area contributed by atoms with Gasteiger partial charge in [-0.25, -0.2) is 9.97 Å². The zero-order valence-corrected chi connectivity index (χ0v) is 15.6. The van der Waals surface area contributed by atoms with Crippen LogP contribution in [-0.4, -0.2) is 47.6 Å². The number of halogens is 3. The number of nitrogens with zero attached hydrogens (tertiary/aromatic N) is 4. The Morgan fingerprint density at radius 1 is 1.00 bits per heavy atom. The first-order valence-corrected chi connectivity index (χ1v) is 9.68. The number of hydrogen-bond acceptors (Lipinski definition) is 5. The number of benzene rings is 1. The minimum absolute atomic E-state index is 0.0225. The molecular weight excluding hydrogens is 367 g/mol. The molecule has 1 N–H and O–H groups in total. The van der Waals surface area contributed by atoms with Crippen LogP contribution in [0.3, 0.4) is 0 Å². The fourth-order valence-electron chi connectivity index (χ4n) is 3.46. The molecule has 1 saturated carbocycles. The van der Waals surface area contributed by atoms with E-state index in [1.165, 1.54) is 25.1 Å². The maximum Gasteiger partial charge on any atom is 0.433 e. The molecule has 2 aliphatic rings. The molecule has 5 nitrogen and oxygen atoms in total. The van der Waals surface area contributed by atoms with Crippen LogP contribution in [0.5, 0.6) is 0 Å². The molecule has 0 amide bonds. The summed E-state index contributed by atoms with van der Waals surface area (Å²) in [5, 5.41) is 2.86. The van der Waals surface area contributed by atoms with Crippen molar-refractivity contribution >= 4 is 11.6 Å². The lowest BCUT2D eigenvalue weighted by Gasteiger charge is -2.36. The van der Waals surface area contributed by atoms with E-state index >= 15 is 0 Å². The van der Waals surface area contributed by atoms with E-state index in [1.54, 1.807) is 0 Å². The zero-order valence-electron chi connectivity index (χ0n) is 15.6. The van der Waals surface area contributed by atoms with Crippen LogP contribution in [0.1, 0.15) is 24.1 Å². The van der Waals surface area contributed by atoms with Gasteiger partial charge in [0, 0.05) is 51.2 Å². The molecule has 0 spiro atoms. The lowest BCUT2D eigenvalue weighted by molar-refractivity contribution is -0.141. The second-order valence-electron chi connectivity index (χ2n) is 7.51. The Balaban J connectivity index is 1.29. The van der Waals surface area contributed by atoms with Crippen molar-refractivity contribution in [2.75, 3.05) is 42.9 Å². The van der Waals surface area contributed by atoms with Gasteiger partial charge in [0.15, 0.2) is 0 Å². The smallest absolute Gasteiger partial charge is 0.369 e. The minimum atomic E-state index is -4.47. The first-order valence-electron chi connectivity index (χ1n) is 9.68. The highest BCUT2D eigenvalue weighted by Crippen LogP contribution is 2.30. The summed E-state index contributed by atoms with van der Waals surface area (Å²) in [7, 11) is 0. The lowest BCUT2D eigenvalue weighted by Crippen LogP contribution is -2.47. The third kappa shape index (κ3) is 4.92. The van der Waals surface area contributed by atoms with Crippen LogP contribution in [0.4, 0.5) is 24.8 Å². The Labute approximate surface area is 162 Å². The topological polar surface area (TPSA) is 44.3 Å². The van der Waals surface area contributed by atoms with Crippen molar-refractivity contribution in [1.29, 1.82) is 0 Å². The van der Waals surface area contributed by atoms with Gasteiger partial charge in [0.25, 0.3) is 0 Å². The summed E-state index contributed by atoms with van der Waals surface area (Å²) in [6.45, 7) is 5.89. The summed E-state index contributed by atoms with van der Waals surface area (Å²) in [6.07, 6.45) is -0.573. The Kier molecular flexibility index (Phi) is 5.39. The Morgan fingerprint density at radius 2 is 1.71 bits per heavy atom. The SMILES string of the molecule is FC(F)(F)c1ccnc(NCc2ccc(N3CCN(CC4CC4)CC3)cc2)n1. The molecule has 0 bridgehead atoms. The molecule has 0 unspecified atom stereocenters. The van der Waals surface area contributed by atoms with Gasteiger partial charge in [-0.1, -0.05) is 12.1 Å². The lowest BCUT2D eigenvalue weighted by atomic mass is 10.1. The quantitative estimate of drug-likeness (QED) is 0.815. The van der Waals surface area contributed by atoms with Crippen LogP contribution in [0.25, 0.3) is 0 Å². The van der Waals surface area contributed by atoms with E-state index in [4.69, 9.17) is 0 Å². The molecular formula is C20H24F3N5. The van der Waals surface area contributed by atoms with Crippen molar-refractivity contribution in [3.05, 3.63) is 47.8 Å². The molecule has 1 saturated heterocycles. The third-order valence-electron chi connectivity index (χ3n) is 5.28. The van der Waals surface area contributed by atoms with Gasteiger partial charge in [-0.05, 0) is 42.5 Å². The fourth-order valence-corrected chi connectivity index (χ4v) is 3.46. The molecule has 2 fully saturated rings. The van der Waals surface area contributed by atoms with Crippen molar-refractivity contribution in [3.63, 3.8) is 0 Å². The first kappa shape index (κ1) is 19.0. The van der Waals surface area contributed by atoms with E-state index in [2.05, 4.69) is 37.2 Å². The number of nitrogens with one attached hydrogen (secondary N) is 1. The van der Waals surface area contributed by atoms with Gasteiger partial charge in [0.05, 0.1) is 0 Å². The molecule has 4 rings (SSSR count). The molecule has 0 atom stereocenters. The Hall–Kier alpha value is -2.35. The number of anilines is 2. The predicted molar refractivity (Wildman–Crippen MR) is 102 cm³/mol. The molecule has 1 aliphatic carbocycles. The molecule has 1 aromatic heterocycles. The second-order valence-corrected chi connectivity index (χ2v) is 7.51.